The summed E-state index contributed by atoms with van der Waals surface area (Å²) in [6, 6.07) is 3.79. The molecule has 1 fully saturated rings. The van der Waals surface area contributed by atoms with E-state index in [0.29, 0.717) is 19.4 Å². The summed E-state index contributed by atoms with van der Waals surface area (Å²) in [4.78, 5) is 11.1. The Balaban J connectivity index is 2.50. The Labute approximate surface area is 117 Å². The van der Waals surface area contributed by atoms with Gasteiger partial charge in [0.1, 0.15) is 0 Å². The van der Waals surface area contributed by atoms with Crippen molar-refractivity contribution in [3.63, 3.8) is 0 Å². The second kappa shape index (κ2) is 5.51. The van der Waals surface area contributed by atoms with Crippen molar-refractivity contribution >= 4 is 16.0 Å². The number of carbonyl (C=O) groups is 1. The summed E-state index contributed by atoms with van der Waals surface area (Å²) in [6.45, 7) is 1.61. The first-order valence-corrected chi connectivity index (χ1v) is 7.79. The molecule has 2 N–H and O–H groups in total. The summed E-state index contributed by atoms with van der Waals surface area (Å²) in [5.41, 5.74) is 0.203. The van der Waals surface area contributed by atoms with Gasteiger partial charge in [0.25, 0.3) is 0 Å². The van der Waals surface area contributed by atoms with Gasteiger partial charge in [0, 0.05) is 12.6 Å². The molecule has 0 spiro atoms. The van der Waals surface area contributed by atoms with Crippen molar-refractivity contribution in [2.24, 2.45) is 0 Å². The van der Waals surface area contributed by atoms with Crippen molar-refractivity contribution in [3.8, 4) is 0 Å². The summed E-state index contributed by atoms with van der Waals surface area (Å²) < 4.78 is 26.5. The number of benzene rings is 1. The Morgan fingerprint density at radius 1 is 1.45 bits per heavy atom. The molecule has 1 aromatic rings. The van der Waals surface area contributed by atoms with Gasteiger partial charge in [-0.3, -0.25) is 0 Å². The van der Waals surface area contributed by atoms with E-state index in [1.165, 1.54) is 29.4 Å². The number of sulfonamides is 1. The third-order valence-corrected chi connectivity index (χ3v) is 5.73. The molecular weight excluding hydrogens is 282 g/mol. The molecule has 1 aromatic carbocycles. The van der Waals surface area contributed by atoms with Crippen LogP contribution in [0.1, 0.15) is 28.8 Å². The molecule has 0 aliphatic carbocycles. The molecule has 7 heteroatoms. The Morgan fingerprint density at radius 3 is 2.75 bits per heavy atom. The van der Waals surface area contributed by atoms with E-state index >= 15 is 0 Å². The average Bonchev–Trinajstić information content (AvgIpc) is 2.87. The molecule has 0 aromatic heterocycles. The first-order chi connectivity index (χ1) is 9.39. The minimum Gasteiger partial charge on any atom is -0.478 e. The summed E-state index contributed by atoms with van der Waals surface area (Å²) in [5.74, 6) is -1.15. The number of carboxylic acids is 1. The number of carboxylic acid groups (broad SMARTS) is 1. The van der Waals surface area contributed by atoms with Crippen LogP contribution in [0.25, 0.3) is 0 Å². The largest absolute Gasteiger partial charge is 0.478 e. The molecule has 0 saturated carbocycles. The van der Waals surface area contributed by atoms with E-state index in [4.69, 9.17) is 5.11 Å². The normalized spacial score (nSPS) is 20.2. The van der Waals surface area contributed by atoms with E-state index in [2.05, 4.69) is 0 Å². The van der Waals surface area contributed by atoms with Crippen LogP contribution in [-0.2, 0) is 10.0 Å². The van der Waals surface area contributed by atoms with Gasteiger partial charge in [-0.15, -0.1) is 0 Å². The summed E-state index contributed by atoms with van der Waals surface area (Å²) in [7, 11) is -3.78. The molecule has 0 amide bonds. The predicted octanol–water partition coefficient (Wildman–Crippen LogP) is 0.839. The van der Waals surface area contributed by atoms with Crippen molar-refractivity contribution < 1.29 is 23.4 Å². The molecule has 0 unspecified atom stereocenters. The lowest BCUT2D eigenvalue weighted by Crippen LogP contribution is -2.38. The number of hydrogen-bond donors (Lipinski definition) is 2. The van der Waals surface area contributed by atoms with E-state index in [9.17, 15) is 18.3 Å². The smallest absolute Gasteiger partial charge is 0.335 e. The van der Waals surface area contributed by atoms with E-state index in [1.54, 1.807) is 0 Å². The maximum absolute atomic E-state index is 12.6. The number of aromatic carboxylic acids is 1. The van der Waals surface area contributed by atoms with Crippen LogP contribution in [0.3, 0.4) is 0 Å². The number of aliphatic hydroxyl groups excluding tert-OH is 1. The maximum Gasteiger partial charge on any atom is 0.335 e. The van der Waals surface area contributed by atoms with Gasteiger partial charge in [0.15, 0.2) is 0 Å². The predicted molar refractivity (Wildman–Crippen MR) is 72.1 cm³/mol. The topological polar surface area (TPSA) is 94.9 Å². The second-order valence-corrected chi connectivity index (χ2v) is 6.69. The highest BCUT2D eigenvalue weighted by Crippen LogP contribution is 2.28. The zero-order valence-corrected chi connectivity index (χ0v) is 11.9. The highest BCUT2D eigenvalue weighted by atomic mass is 32.2. The number of nitrogens with zero attached hydrogens (tertiary/aromatic N) is 1. The lowest BCUT2D eigenvalue weighted by atomic mass is 10.1. The van der Waals surface area contributed by atoms with Gasteiger partial charge >= 0.3 is 5.97 Å². The molecule has 1 heterocycles. The van der Waals surface area contributed by atoms with Gasteiger partial charge in [-0.2, -0.15) is 4.31 Å². The van der Waals surface area contributed by atoms with Crippen molar-refractivity contribution in [2.75, 3.05) is 13.2 Å². The van der Waals surface area contributed by atoms with Gasteiger partial charge in [0.05, 0.1) is 17.1 Å². The fraction of sp³-hybridized carbons (Fsp3) is 0.462. The molecule has 20 heavy (non-hydrogen) atoms. The summed E-state index contributed by atoms with van der Waals surface area (Å²) in [6.07, 6.45) is 1.32. The number of aliphatic hydroxyl groups is 1. The zero-order valence-electron chi connectivity index (χ0n) is 11.1. The summed E-state index contributed by atoms with van der Waals surface area (Å²) >= 11 is 0. The molecule has 110 valence electrons. The van der Waals surface area contributed by atoms with Gasteiger partial charge < -0.3 is 10.2 Å². The van der Waals surface area contributed by atoms with Crippen LogP contribution in [0.15, 0.2) is 23.1 Å². The minimum absolute atomic E-state index is 0.00208. The van der Waals surface area contributed by atoms with Crippen molar-refractivity contribution in [1.82, 2.24) is 4.31 Å². The molecule has 1 aliphatic heterocycles. The van der Waals surface area contributed by atoms with E-state index in [1.807, 2.05) is 0 Å². The van der Waals surface area contributed by atoms with Gasteiger partial charge in [-0.05, 0) is 37.5 Å². The Hall–Kier alpha value is -1.44. The van der Waals surface area contributed by atoms with Crippen LogP contribution in [0.2, 0.25) is 0 Å². The third-order valence-electron chi connectivity index (χ3n) is 3.64. The molecule has 1 aliphatic rings. The molecule has 1 saturated heterocycles. The lowest BCUT2D eigenvalue weighted by Gasteiger charge is -2.23. The maximum atomic E-state index is 12.6. The summed E-state index contributed by atoms with van der Waals surface area (Å²) in [5, 5.41) is 18.3. The Kier molecular flexibility index (Phi) is 4.12. The minimum atomic E-state index is -3.78. The Bertz CT molecular complexity index is 626. The highest BCUT2D eigenvalue weighted by Gasteiger charge is 2.36. The average molecular weight is 299 g/mol. The quantitative estimate of drug-likeness (QED) is 0.859. The lowest BCUT2D eigenvalue weighted by molar-refractivity contribution is 0.0695. The zero-order chi connectivity index (χ0) is 14.9. The first-order valence-electron chi connectivity index (χ1n) is 6.35. The first kappa shape index (κ1) is 15.0. The number of rotatable bonds is 4. The SMILES string of the molecule is Cc1c(C(=O)O)cccc1S(=O)(=O)N1CCC[C@@H]1CO. The Morgan fingerprint density at radius 2 is 2.15 bits per heavy atom. The van der Waals surface area contributed by atoms with Crippen molar-refractivity contribution in [3.05, 3.63) is 29.3 Å². The molecule has 0 radical (unpaired) electrons. The van der Waals surface area contributed by atoms with Crippen LogP contribution < -0.4 is 0 Å². The monoisotopic (exact) mass is 299 g/mol. The van der Waals surface area contributed by atoms with Gasteiger partial charge in [0.2, 0.25) is 10.0 Å². The van der Waals surface area contributed by atoms with Gasteiger partial charge in [-0.1, -0.05) is 6.07 Å². The van der Waals surface area contributed by atoms with Crippen molar-refractivity contribution in [2.45, 2.75) is 30.7 Å². The fourth-order valence-corrected chi connectivity index (χ4v) is 4.49. The molecular formula is C13H17NO5S. The van der Waals surface area contributed by atoms with Crippen LogP contribution in [-0.4, -0.2) is 48.1 Å². The van der Waals surface area contributed by atoms with Gasteiger partial charge in [-0.25, -0.2) is 13.2 Å². The number of hydrogen-bond acceptors (Lipinski definition) is 4. The molecule has 6 nitrogen and oxygen atoms in total. The van der Waals surface area contributed by atoms with E-state index < -0.39 is 22.0 Å². The molecule has 1 atom stereocenters. The molecule has 2 rings (SSSR count). The second-order valence-electron chi connectivity index (χ2n) is 4.83. The van der Waals surface area contributed by atoms with E-state index in [0.717, 1.165) is 0 Å². The van der Waals surface area contributed by atoms with E-state index in [-0.39, 0.29) is 22.6 Å². The molecule has 0 bridgehead atoms. The van der Waals surface area contributed by atoms with Crippen LogP contribution in [0.5, 0.6) is 0 Å². The van der Waals surface area contributed by atoms with Crippen LogP contribution >= 0.6 is 0 Å². The fourth-order valence-electron chi connectivity index (χ4n) is 2.56. The highest BCUT2D eigenvalue weighted by molar-refractivity contribution is 7.89. The van der Waals surface area contributed by atoms with Crippen molar-refractivity contribution in [1.29, 1.82) is 0 Å². The van der Waals surface area contributed by atoms with Crippen LogP contribution in [0.4, 0.5) is 0 Å². The standard InChI is InChI=1S/C13H17NO5S/c1-9-11(13(16)17)5-2-6-12(9)20(18,19)14-7-3-4-10(14)8-15/h2,5-6,10,15H,3-4,7-8H2,1H3,(H,16,17)/t10-/m1/s1. The third kappa shape index (κ3) is 2.44. The van der Waals surface area contributed by atoms with Crippen LogP contribution in [0, 0.1) is 6.92 Å².